The van der Waals surface area contributed by atoms with E-state index in [1.165, 1.54) is 12.5 Å². The Morgan fingerprint density at radius 3 is 2.30 bits per heavy atom. The molecule has 46 heavy (non-hydrogen) atoms. The third-order valence-corrected chi connectivity index (χ3v) is 16.1. The number of rotatable bonds is 4. The van der Waals surface area contributed by atoms with Crippen LogP contribution in [0, 0.1) is 62.6 Å². The average Bonchev–Trinajstić information content (AvgIpc) is 3.10. The molecule has 1 aliphatic heterocycles. The van der Waals surface area contributed by atoms with Gasteiger partial charge in [0.05, 0.1) is 42.9 Å². The van der Waals surface area contributed by atoms with E-state index >= 15 is 0 Å². The van der Waals surface area contributed by atoms with Crippen LogP contribution >= 0.6 is 0 Å². The molecule has 6 fully saturated rings. The van der Waals surface area contributed by atoms with Crippen molar-refractivity contribution in [2.45, 2.75) is 149 Å². The average molecular weight is 645 g/mol. The molecule has 0 bridgehead atoms. The molecule has 15 atom stereocenters. The third kappa shape index (κ3) is 4.28. The SMILES string of the molecule is CC(=O)O[C@H]1CC[C@@]2(C)C(CC[C@@]3(C)C4CC[C@@]5([C@H](O)[C@H]6OC7(O)C(CO)[C@H](O)C(O)C67)CCC(C)(C)CC5C4=CCC32)C1(C)C. The lowest BCUT2D eigenvalue weighted by Gasteiger charge is -2.69. The molecule has 0 spiro atoms. The minimum absolute atomic E-state index is 0.0399. The first kappa shape index (κ1) is 33.5. The fourth-order valence-corrected chi connectivity index (χ4v) is 13.7. The standard InChI is InChI=1S/C38H60O8/c1-20(40)45-27-12-14-36(7)25(34(27,4)5)11-13-35(6)22-10-15-37(17-16-33(2,3)18-23(37)21(22)8-9-26(35)36)32(43)31-28-30(42)29(41)24(19-39)38(28,44)46-31/h8,22-32,39,41-44H,9-19H2,1-7H3/t22?,23?,24?,25?,26?,27-,28?,29-,30?,31-,32+,35-,36-,37+,38?/m0/s1. The van der Waals surface area contributed by atoms with E-state index in [1.807, 2.05) is 0 Å². The van der Waals surface area contributed by atoms with Crippen LogP contribution in [0.25, 0.3) is 0 Å². The first-order valence-corrected chi connectivity index (χ1v) is 18.3. The molecule has 8 nitrogen and oxygen atoms in total. The molecule has 8 heteroatoms. The van der Waals surface area contributed by atoms with Gasteiger partial charge in [-0.3, -0.25) is 4.79 Å². The van der Waals surface area contributed by atoms with E-state index < -0.39 is 54.1 Å². The third-order valence-electron chi connectivity index (χ3n) is 16.1. The van der Waals surface area contributed by atoms with Crippen LogP contribution in [-0.4, -0.2) is 74.4 Å². The lowest BCUT2D eigenvalue weighted by Crippen LogP contribution is -2.70. The van der Waals surface area contributed by atoms with Crippen LogP contribution in [0.2, 0.25) is 0 Å². The maximum absolute atomic E-state index is 12.3. The minimum atomic E-state index is -1.82. The summed E-state index contributed by atoms with van der Waals surface area (Å²) in [5.74, 6) is -2.19. The minimum Gasteiger partial charge on any atom is -0.462 e. The van der Waals surface area contributed by atoms with Gasteiger partial charge >= 0.3 is 5.97 Å². The molecule has 0 radical (unpaired) electrons. The highest BCUT2D eigenvalue weighted by molar-refractivity contribution is 5.66. The summed E-state index contributed by atoms with van der Waals surface area (Å²) in [6.45, 7) is 15.5. The molecule has 0 aromatic carbocycles. The van der Waals surface area contributed by atoms with Gasteiger partial charge in [-0.2, -0.15) is 0 Å². The zero-order valence-electron chi connectivity index (χ0n) is 29.2. The van der Waals surface area contributed by atoms with E-state index in [0.29, 0.717) is 17.8 Å². The molecular weight excluding hydrogens is 584 g/mol. The molecule has 5 saturated carbocycles. The predicted octanol–water partition coefficient (Wildman–Crippen LogP) is 4.74. The van der Waals surface area contributed by atoms with Crippen molar-refractivity contribution in [1.29, 1.82) is 0 Å². The monoisotopic (exact) mass is 644 g/mol. The van der Waals surface area contributed by atoms with Crippen molar-refractivity contribution in [2.75, 3.05) is 6.61 Å². The Kier molecular flexibility index (Phi) is 7.63. The van der Waals surface area contributed by atoms with Gasteiger partial charge in [0.25, 0.3) is 0 Å². The van der Waals surface area contributed by atoms with Crippen molar-refractivity contribution in [3.05, 3.63) is 11.6 Å². The van der Waals surface area contributed by atoms with Gasteiger partial charge in [-0.05, 0) is 104 Å². The van der Waals surface area contributed by atoms with Gasteiger partial charge < -0.3 is 35.0 Å². The Hall–Kier alpha value is -1.03. The molecule has 1 heterocycles. The van der Waals surface area contributed by atoms with Crippen LogP contribution in [0.15, 0.2) is 11.6 Å². The molecule has 5 N–H and O–H groups in total. The quantitative estimate of drug-likeness (QED) is 0.219. The van der Waals surface area contributed by atoms with E-state index in [1.54, 1.807) is 0 Å². The van der Waals surface area contributed by atoms with Gasteiger partial charge in [0.15, 0.2) is 5.79 Å². The Balaban J connectivity index is 1.21. The molecule has 7 rings (SSSR count). The Morgan fingerprint density at radius 2 is 1.63 bits per heavy atom. The summed E-state index contributed by atoms with van der Waals surface area (Å²) in [6, 6.07) is 0. The lowest BCUT2D eigenvalue weighted by atomic mass is 9.36. The molecular formula is C38H60O8. The molecule has 6 aliphatic carbocycles. The number of aliphatic hydroxyl groups excluding tert-OH is 4. The maximum Gasteiger partial charge on any atom is 0.302 e. The van der Waals surface area contributed by atoms with E-state index in [-0.39, 0.29) is 39.7 Å². The second-order valence-electron chi connectivity index (χ2n) is 18.9. The fourth-order valence-electron chi connectivity index (χ4n) is 13.7. The highest BCUT2D eigenvalue weighted by Crippen LogP contribution is 2.73. The number of hydrogen-bond acceptors (Lipinski definition) is 8. The van der Waals surface area contributed by atoms with Crippen LogP contribution in [-0.2, 0) is 14.3 Å². The van der Waals surface area contributed by atoms with Crippen LogP contribution in [0.5, 0.6) is 0 Å². The number of esters is 1. The van der Waals surface area contributed by atoms with Crippen LogP contribution in [0.4, 0.5) is 0 Å². The second kappa shape index (κ2) is 10.5. The van der Waals surface area contributed by atoms with Gasteiger partial charge in [0, 0.05) is 17.8 Å². The number of hydrogen-bond donors (Lipinski definition) is 5. The topological polar surface area (TPSA) is 137 Å². The second-order valence-corrected chi connectivity index (χ2v) is 18.9. The summed E-state index contributed by atoms with van der Waals surface area (Å²) in [6.07, 6.45) is 8.27. The summed E-state index contributed by atoms with van der Waals surface area (Å²) < 4.78 is 12.0. The molecule has 7 aliphatic rings. The number of ether oxygens (including phenoxy) is 2. The van der Waals surface area contributed by atoms with Crippen molar-refractivity contribution in [3.63, 3.8) is 0 Å². The summed E-state index contributed by atoms with van der Waals surface area (Å²) in [5, 5.41) is 55.1. The number of allylic oxidation sites excluding steroid dienone is 2. The molecule has 260 valence electrons. The van der Waals surface area contributed by atoms with Crippen LogP contribution < -0.4 is 0 Å². The van der Waals surface area contributed by atoms with E-state index in [9.17, 15) is 30.3 Å². The van der Waals surface area contributed by atoms with Gasteiger partial charge in [-0.25, -0.2) is 0 Å². The molecule has 1 saturated heterocycles. The van der Waals surface area contributed by atoms with Crippen molar-refractivity contribution in [3.8, 4) is 0 Å². The summed E-state index contributed by atoms with van der Waals surface area (Å²) in [5.41, 5.74) is 1.43. The highest BCUT2D eigenvalue weighted by Gasteiger charge is 2.74. The molecule has 8 unspecified atom stereocenters. The van der Waals surface area contributed by atoms with Gasteiger partial charge in [-0.1, -0.05) is 53.2 Å². The van der Waals surface area contributed by atoms with Gasteiger partial charge in [0.1, 0.15) is 6.10 Å². The summed E-state index contributed by atoms with van der Waals surface area (Å²) in [7, 11) is 0. The molecule has 0 aromatic rings. The van der Waals surface area contributed by atoms with Crippen LogP contribution in [0.1, 0.15) is 113 Å². The number of fused-ring (bicyclic) bond motifs is 8. The van der Waals surface area contributed by atoms with E-state index in [4.69, 9.17) is 9.47 Å². The molecule has 0 amide bonds. The Morgan fingerprint density at radius 1 is 0.935 bits per heavy atom. The van der Waals surface area contributed by atoms with Gasteiger partial charge in [0.2, 0.25) is 0 Å². The zero-order valence-corrected chi connectivity index (χ0v) is 29.2. The van der Waals surface area contributed by atoms with Crippen molar-refractivity contribution >= 4 is 5.97 Å². The van der Waals surface area contributed by atoms with Crippen LogP contribution in [0.3, 0.4) is 0 Å². The van der Waals surface area contributed by atoms with Gasteiger partial charge in [-0.15, -0.1) is 0 Å². The smallest absolute Gasteiger partial charge is 0.302 e. The Labute approximate surface area is 275 Å². The van der Waals surface area contributed by atoms with E-state index in [2.05, 4.69) is 47.6 Å². The zero-order chi connectivity index (χ0) is 33.4. The number of aliphatic hydroxyl groups is 5. The fraction of sp³-hybridized carbons (Fsp3) is 0.921. The maximum atomic E-state index is 12.3. The number of carbonyl (C=O) groups excluding carboxylic acids is 1. The van der Waals surface area contributed by atoms with Crippen molar-refractivity contribution in [2.24, 2.45) is 62.6 Å². The normalized spacial score (nSPS) is 54.0. The lowest BCUT2D eigenvalue weighted by molar-refractivity contribution is -0.404. The van der Waals surface area contributed by atoms with Crippen molar-refractivity contribution < 1.29 is 39.8 Å². The Bertz CT molecular complexity index is 1280. The summed E-state index contributed by atoms with van der Waals surface area (Å²) >= 11 is 0. The highest BCUT2D eigenvalue weighted by atomic mass is 16.7. The van der Waals surface area contributed by atoms with E-state index in [0.717, 1.165) is 64.2 Å². The largest absolute Gasteiger partial charge is 0.462 e. The van der Waals surface area contributed by atoms with Crippen molar-refractivity contribution in [1.82, 2.24) is 0 Å². The first-order chi connectivity index (χ1) is 21.4. The molecule has 0 aromatic heterocycles. The summed E-state index contributed by atoms with van der Waals surface area (Å²) in [4.78, 5) is 12.0. The number of carbonyl (C=O) groups is 1. The first-order valence-electron chi connectivity index (χ1n) is 18.3. The predicted molar refractivity (Wildman–Crippen MR) is 172 cm³/mol.